The Morgan fingerprint density at radius 2 is 1.89 bits per heavy atom. The molecule has 1 atom stereocenters. The fourth-order valence-corrected chi connectivity index (χ4v) is 3.71. The van der Waals surface area contributed by atoms with E-state index in [1.807, 2.05) is 34.6 Å². The Kier molecular flexibility index (Phi) is 7.15. The summed E-state index contributed by atoms with van der Waals surface area (Å²) in [6.07, 6.45) is 3.40. The predicted molar refractivity (Wildman–Crippen MR) is 108 cm³/mol. The van der Waals surface area contributed by atoms with Crippen LogP contribution in [-0.2, 0) is 4.79 Å². The number of nitrogens with zero attached hydrogens (tertiary/aromatic N) is 3. The van der Waals surface area contributed by atoms with Crippen molar-refractivity contribution in [1.29, 1.82) is 0 Å². The van der Waals surface area contributed by atoms with E-state index in [2.05, 4.69) is 4.98 Å². The number of rotatable bonds is 5. The highest BCUT2D eigenvalue weighted by Gasteiger charge is 2.41. The zero-order valence-corrected chi connectivity index (χ0v) is 17.9. The molecule has 0 unspecified atom stereocenters. The molecule has 0 saturated carbocycles. The maximum Gasteiger partial charge on any atom is 0.408 e. The van der Waals surface area contributed by atoms with Gasteiger partial charge in [0.25, 0.3) is 0 Å². The smallest absolute Gasteiger partial charge is 0.408 e. The highest BCUT2D eigenvalue weighted by Crippen LogP contribution is 2.26. The molecule has 2 rings (SSSR count). The van der Waals surface area contributed by atoms with Gasteiger partial charge in [0.1, 0.15) is 17.9 Å². The maximum absolute atomic E-state index is 13.2. The molecular formula is C20H30ClN3O4. The van der Waals surface area contributed by atoms with Crippen LogP contribution in [0.3, 0.4) is 0 Å². The first-order valence-corrected chi connectivity index (χ1v) is 9.96. The van der Waals surface area contributed by atoms with Gasteiger partial charge >= 0.3 is 6.09 Å². The van der Waals surface area contributed by atoms with E-state index in [-0.39, 0.29) is 17.9 Å². The molecule has 1 aromatic rings. The number of ether oxygens (including phenoxy) is 1. The Balaban J connectivity index is 2.04. The lowest BCUT2D eigenvalue weighted by Gasteiger charge is -2.43. The number of hydrogen-bond donors (Lipinski definition) is 1. The van der Waals surface area contributed by atoms with Crippen LogP contribution in [-0.4, -0.2) is 62.7 Å². The normalized spacial score (nSPS) is 16.8. The summed E-state index contributed by atoms with van der Waals surface area (Å²) in [5, 5.41) is 10.2. The van der Waals surface area contributed by atoms with Crippen LogP contribution in [0, 0.1) is 5.92 Å². The second-order valence-corrected chi connectivity index (χ2v) is 8.93. The van der Waals surface area contributed by atoms with Gasteiger partial charge in [-0.2, -0.15) is 0 Å². The number of aromatic nitrogens is 1. The molecule has 1 fully saturated rings. The SMILES string of the molecule is CC(C)[C@@H](C(=O)N1CCC(Oc2cncc(Cl)c2)CC1)N(C(=O)O)C(C)(C)C. The molecule has 7 nitrogen and oxygen atoms in total. The minimum atomic E-state index is -1.08. The first-order valence-electron chi connectivity index (χ1n) is 9.59. The summed E-state index contributed by atoms with van der Waals surface area (Å²) in [4.78, 5) is 32.1. The molecular weight excluding hydrogens is 382 g/mol. The molecule has 1 aromatic heterocycles. The van der Waals surface area contributed by atoms with Gasteiger partial charge in [0.2, 0.25) is 5.91 Å². The fourth-order valence-electron chi connectivity index (χ4n) is 3.55. The van der Waals surface area contributed by atoms with E-state index in [0.717, 1.165) is 0 Å². The molecule has 1 N–H and O–H groups in total. The van der Waals surface area contributed by atoms with Gasteiger partial charge in [0.05, 0.1) is 11.2 Å². The minimum absolute atomic E-state index is 0.0278. The summed E-state index contributed by atoms with van der Waals surface area (Å²) in [7, 11) is 0. The van der Waals surface area contributed by atoms with Crippen LogP contribution in [0.2, 0.25) is 5.02 Å². The van der Waals surface area contributed by atoms with E-state index in [4.69, 9.17) is 16.3 Å². The van der Waals surface area contributed by atoms with Crippen LogP contribution < -0.4 is 4.74 Å². The monoisotopic (exact) mass is 411 g/mol. The van der Waals surface area contributed by atoms with Crippen LogP contribution in [0.15, 0.2) is 18.5 Å². The fraction of sp³-hybridized carbons (Fsp3) is 0.650. The van der Waals surface area contributed by atoms with E-state index in [9.17, 15) is 14.7 Å². The molecule has 0 aliphatic carbocycles. The van der Waals surface area contributed by atoms with E-state index in [0.29, 0.717) is 36.7 Å². The number of hydrogen-bond acceptors (Lipinski definition) is 4. The Bertz CT molecular complexity index is 697. The van der Waals surface area contributed by atoms with Gasteiger partial charge in [-0.25, -0.2) is 4.79 Å². The third-order valence-electron chi connectivity index (χ3n) is 4.83. The Hall–Kier alpha value is -2.02. The van der Waals surface area contributed by atoms with Crippen molar-refractivity contribution in [2.75, 3.05) is 13.1 Å². The maximum atomic E-state index is 13.2. The average Bonchev–Trinajstić information content (AvgIpc) is 2.58. The third-order valence-corrected chi connectivity index (χ3v) is 5.03. The first-order chi connectivity index (χ1) is 13.0. The molecule has 1 saturated heterocycles. The summed E-state index contributed by atoms with van der Waals surface area (Å²) < 4.78 is 5.92. The van der Waals surface area contributed by atoms with E-state index in [1.54, 1.807) is 23.4 Å². The van der Waals surface area contributed by atoms with Crippen molar-refractivity contribution in [2.24, 2.45) is 5.92 Å². The van der Waals surface area contributed by atoms with Crippen LogP contribution in [0.4, 0.5) is 4.79 Å². The highest BCUT2D eigenvalue weighted by atomic mass is 35.5. The molecule has 8 heteroatoms. The number of piperidine rings is 1. The van der Waals surface area contributed by atoms with E-state index >= 15 is 0 Å². The molecule has 0 bridgehead atoms. The zero-order valence-electron chi connectivity index (χ0n) is 17.2. The van der Waals surface area contributed by atoms with Gasteiger partial charge in [-0.05, 0) is 26.7 Å². The highest BCUT2D eigenvalue weighted by molar-refractivity contribution is 6.30. The van der Waals surface area contributed by atoms with Crippen molar-refractivity contribution in [2.45, 2.75) is 65.1 Å². The van der Waals surface area contributed by atoms with Gasteiger partial charge in [0, 0.05) is 43.7 Å². The summed E-state index contributed by atoms with van der Waals surface area (Å²) in [6, 6.07) is 1.00. The second kappa shape index (κ2) is 8.99. The number of carbonyl (C=O) groups excluding carboxylic acids is 1. The van der Waals surface area contributed by atoms with E-state index in [1.165, 1.54) is 4.90 Å². The lowest BCUT2D eigenvalue weighted by atomic mass is 9.94. The van der Waals surface area contributed by atoms with Crippen molar-refractivity contribution < 1.29 is 19.4 Å². The largest absolute Gasteiger partial charge is 0.489 e. The minimum Gasteiger partial charge on any atom is -0.489 e. The van der Waals surface area contributed by atoms with Gasteiger partial charge in [0.15, 0.2) is 0 Å². The number of amides is 2. The summed E-state index contributed by atoms with van der Waals surface area (Å²) >= 11 is 5.94. The Labute approximate surface area is 171 Å². The van der Waals surface area contributed by atoms with Gasteiger partial charge < -0.3 is 14.7 Å². The number of pyridine rings is 1. The van der Waals surface area contributed by atoms with Crippen LogP contribution in [0.1, 0.15) is 47.5 Å². The molecule has 0 spiro atoms. The molecule has 28 heavy (non-hydrogen) atoms. The molecule has 0 radical (unpaired) electrons. The molecule has 1 aliphatic rings. The lowest BCUT2D eigenvalue weighted by Crippen LogP contribution is -2.60. The lowest BCUT2D eigenvalue weighted by molar-refractivity contribution is -0.141. The standard InChI is InChI=1S/C20H30ClN3O4/c1-13(2)17(24(19(26)27)20(3,4)5)18(25)23-8-6-15(7-9-23)28-16-10-14(21)11-22-12-16/h10-13,15,17H,6-9H2,1-5H3,(H,26,27)/t17-/m0/s1. The van der Waals surface area contributed by atoms with Gasteiger partial charge in [-0.1, -0.05) is 25.4 Å². The van der Waals surface area contributed by atoms with Crippen molar-refractivity contribution in [1.82, 2.24) is 14.8 Å². The topological polar surface area (TPSA) is 83.0 Å². The van der Waals surface area contributed by atoms with Gasteiger partial charge in [-0.3, -0.25) is 14.7 Å². The number of halogens is 1. The molecule has 156 valence electrons. The number of likely N-dealkylation sites (tertiary alicyclic amines) is 1. The molecule has 2 amide bonds. The Morgan fingerprint density at radius 3 is 2.36 bits per heavy atom. The van der Waals surface area contributed by atoms with Crippen molar-refractivity contribution in [3.63, 3.8) is 0 Å². The van der Waals surface area contributed by atoms with Crippen LogP contribution in [0.25, 0.3) is 0 Å². The second-order valence-electron chi connectivity index (χ2n) is 8.49. The van der Waals surface area contributed by atoms with Crippen LogP contribution >= 0.6 is 11.6 Å². The first kappa shape index (κ1) is 22.3. The van der Waals surface area contributed by atoms with Crippen molar-refractivity contribution in [3.05, 3.63) is 23.5 Å². The van der Waals surface area contributed by atoms with Crippen molar-refractivity contribution >= 4 is 23.6 Å². The van der Waals surface area contributed by atoms with Gasteiger partial charge in [-0.15, -0.1) is 0 Å². The summed E-state index contributed by atoms with van der Waals surface area (Å²) in [5.74, 6) is 0.339. The number of carboxylic acid groups (broad SMARTS) is 1. The average molecular weight is 412 g/mol. The Morgan fingerprint density at radius 1 is 1.29 bits per heavy atom. The summed E-state index contributed by atoms with van der Waals surface area (Å²) in [5.41, 5.74) is -0.669. The quantitative estimate of drug-likeness (QED) is 0.794. The molecule has 2 heterocycles. The van der Waals surface area contributed by atoms with Crippen molar-refractivity contribution in [3.8, 4) is 5.75 Å². The molecule has 1 aliphatic heterocycles. The third kappa shape index (κ3) is 5.50. The number of carbonyl (C=O) groups is 2. The van der Waals surface area contributed by atoms with E-state index < -0.39 is 17.7 Å². The summed E-state index contributed by atoms with van der Waals surface area (Å²) in [6.45, 7) is 10.2. The molecule has 0 aromatic carbocycles. The van der Waals surface area contributed by atoms with Crippen LogP contribution in [0.5, 0.6) is 5.75 Å². The predicted octanol–water partition coefficient (Wildman–Crippen LogP) is 3.91. The zero-order chi connectivity index (χ0) is 21.1.